The van der Waals surface area contributed by atoms with Crippen molar-refractivity contribution in [1.29, 1.82) is 0 Å². The molecule has 1 rings (SSSR count). The molecule has 1 atom stereocenters. The number of nitrogens with zero attached hydrogens (tertiary/aromatic N) is 2. The molecule has 1 heterocycles. The van der Waals surface area contributed by atoms with Crippen LogP contribution >= 0.6 is 0 Å². The van der Waals surface area contributed by atoms with Crippen molar-refractivity contribution in [1.82, 2.24) is 20.5 Å². The Morgan fingerprint density at radius 2 is 2.62 bits per heavy atom. The van der Waals surface area contributed by atoms with Gasteiger partial charge in [0.05, 0.1) is 12.6 Å². The van der Waals surface area contributed by atoms with Gasteiger partial charge in [-0.25, -0.2) is 4.98 Å². The number of amides is 1. The van der Waals surface area contributed by atoms with Crippen molar-refractivity contribution in [3.63, 3.8) is 0 Å². The molecule has 13 heavy (non-hydrogen) atoms. The standard InChI is InChI=1S/C7H12N4O2/c1-2-5(3-12)10-7(13)6-8-4-9-11-6/h4-5,12H,2-3H2,1H3,(H,10,13)(H,8,9,11)/t5-/m0/s1. The quantitative estimate of drug-likeness (QED) is 0.577. The fraction of sp³-hybridized carbons (Fsp3) is 0.571. The number of nitrogens with one attached hydrogen (secondary N) is 2. The van der Waals surface area contributed by atoms with E-state index in [2.05, 4.69) is 20.5 Å². The molecular formula is C7H12N4O2. The number of hydrogen-bond donors (Lipinski definition) is 3. The lowest BCUT2D eigenvalue weighted by molar-refractivity contribution is 0.0905. The Kier molecular flexibility index (Phi) is 3.39. The Balaban J connectivity index is 2.50. The number of aliphatic hydroxyl groups is 1. The van der Waals surface area contributed by atoms with Gasteiger partial charge in [0.15, 0.2) is 0 Å². The average molecular weight is 184 g/mol. The zero-order valence-corrected chi connectivity index (χ0v) is 7.32. The van der Waals surface area contributed by atoms with Gasteiger partial charge in [-0.05, 0) is 6.42 Å². The fourth-order valence-corrected chi connectivity index (χ4v) is 0.845. The second-order valence-corrected chi connectivity index (χ2v) is 2.60. The highest BCUT2D eigenvalue weighted by Crippen LogP contribution is 1.92. The molecule has 0 aliphatic heterocycles. The summed E-state index contributed by atoms with van der Waals surface area (Å²) in [6.07, 6.45) is 1.94. The van der Waals surface area contributed by atoms with E-state index in [1.807, 2.05) is 6.92 Å². The van der Waals surface area contributed by atoms with Crippen LogP contribution in [-0.2, 0) is 0 Å². The molecule has 1 aromatic rings. The number of carbonyl (C=O) groups excluding carboxylic acids is 1. The summed E-state index contributed by atoms with van der Waals surface area (Å²) in [7, 11) is 0. The van der Waals surface area contributed by atoms with Crippen LogP contribution in [0.25, 0.3) is 0 Å². The van der Waals surface area contributed by atoms with E-state index in [0.717, 1.165) is 0 Å². The molecule has 0 aliphatic carbocycles. The van der Waals surface area contributed by atoms with Crippen LogP contribution in [0.5, 0.6) is 0 Å². The van der Waals surface area contributed by atoms with Gasteiger partial charge in [-0.1, -0.05) is 6.92 Å². The topological polar surface area (TPSA) is 90.9 Å². The van der Waals surface area contributed by atoms with E-state index in [-0.39, 0.29) is 24.4 Å². The molecule has 0 bridgehead atoms. The Morgan fingerprint density at radius 1 is 1.85 bits per heavy atom. The van der Waals surface area contributed by atoms with Crippen molar-refractivity contribution in [2.75, 3.05) is 6.61 Å². The summed E-state index contributed by atoms with van der Waals surface area (Å²) in [4.78, 5) is 15.0. The van der Waals surface area contributed by atoms with Gasteiger partial charge in [0.25, 0.3) is 5.91 Å². The molecule has 0 unspecified atom stereocenters. The number of aromatic amines is 1. The second-order valence-electron chi connectivity index (χ2n) is 2.60. The Morgan fingerprint density at radius 3 is 3.08 bits per heavy atom. The average Bonchev–Trinajstić information content (AvgIpc) is 2.66. The predicted molar refractivity (Wildman–Crippen MR) is 45.0 cm³/mol. The van der Waals surface area contributed by atoms with Gasteiger partial charge < -0.3 is 10.4 Å². The smallest absolute Gasteiger partial charge is 0.288 e. The van der Waals surface area contributed by atoms with Crippen molar-refractivity contribution in [3.05, 3.63) is 12.2 Å². The number of H-pyrrole nitrogens is 1. The molecule has 0 saturated heterocycles. The van der Waals surface area contributed by atoms with Crippen molar-refractivity contribution in [2.24, 2.45) is 0 Å². The Hall–Kier alpha value is -1.43. The monoisotopic (exact) mass is 184 g/mol. The highest BCUT2D eigenvalue weighted by Gasteiger charge is 2.12. The molecule has 3 N–H and O–H groups in total. The summed E-state index contributed by atoms with van der Waals surface area (Å²) < 4.78 is 0. The normalized spacial score (nSPS) is 12.5. The lowest BCUT2D eigenvalue weighted by Gasteiger charge is -2.11. The summed E-state index contributed by atoms with van der Waals surface area (Å²) in [6.45, 7) is 1.80. The van der Waals surface area contributed by atoms with E-state index in [9.17, 15) is 4.79 Å². The maximum Gasteiger partial charge on any atom is 0.288 e. The summed E-state index contributed by atoms with van der Waals surface area (Å²) in [6, 6.07) is -0.224. The van der Waals surface area contributed by atoms with Gasteiger partial charge in [0.2, 0.25) is 5.82 Å². The van der Waals surface area contributed by atoms with Crippen molar-refractivity contribution in [2.45, 2.75) is 19.4 Å². The van der Waals surface area contributed by atoms with Crippen LogP contribution < -0.4 is 5.32 Å². The van der Waals surface area contributed by atoms with E-state index in [1.54, 1.807) is 0 Å². The van der Waals surface area contributed by atoms with E-state index in [4.69, 9.17) is 5.11 Å². The van der Waals surface area contributed by atoms with Crippen molar-refractivity contribution in [3.8, 4) is 0 Å². The first-order chi connectivity index (χ1) is 6.27. The number of aromatic nitrogens is 3. The van der Waals surface area contributed by atoms with Crippen LogP contribution in [-0.4, -0.2) is 38.8 Å². The summed E-state index contributed by atoms with van der Waals surface area (Å²) in [5.41, 5.74) is 0. The Labute approximate surface area is 75.4 Å². The summed E-state index contributed by atoms with van der Waals surface area (Å²) >= 11 is 0. The van der Waals surface area contributed by atoms with Crippen LogP contribution in [0.3, 0.4) is 0 Å². The molecule has 0 saturated carbocycles. The minimum Gasteiger partial charge on any atom is -0.394 e. The van der Waals surface area contributed by atoms with Crippen LogP contribution in [0.15, 0.2) is 6.33 Å². The van der Waals surface area contributed by atoms with Crippen molar-refractivity contribution < 1.29 is 9.90 Å². The second kappa shape index (κ2) is 4.56. The maximum atomic E-state index is 11.3. The molecule has 0 fully saturated rings. The molecule has 72 valence electrons. The largest absolute Gasteiger partial charge is 0.394 e. The third-order valence-electron chi connectivity index (χ3n) is 1.68. The van der Waals surface area contributed by atoms with E-state index in [0.29, 0.717) is 6.42 Å². The van der Waals surface area contributed by atoms with Gasteiger partial charge in [-0.2, -0.15) is 5.10 Å². The third kappa shape index (κ3) is 2.51. The molecule has 1 amide bonds. The zero-order valence-electron chi connectivity index (χ0n) is 7.32. The van der Waals surface area contributed by atoms with Crippen LogP contribution in [0.1, 0.15) is 24.0 Å². The molecule has 0 spiro atoms. The van der Waals surface area contributed by atoms with Crippen LogP contribution in [0.2, 0.25) is 0 Å². The van der Waals surface area contributed by atoms with Gasteiger partial charge in [-0.15, -0.1) is 0 Å². The molecule has 0 aromatic carbocycles. The lowest BCUT2D eigenvalue weighted by atomic mass is 10.2. The third-order valence-corrected chi connectivity index (χ3v) is 1.68. The van der Waals surface area contributed by atoms with Gasteiger partial charge in [0, 0.05) is 0 Å². The number of rotatable bonds is 4. The summed E-state index contributed by atoms with van der Waals surface area (Å²) in [5.74, 6) is -0.190. The highest BCUT2D eigenvalue weighted by atomic mass is 16.3. The SMILES string of the molecule is CC[C@@H](CO)NC(=O)c1ncn[nH]1. The van der Waals surface area contributed by atoms with Crippen molar-refractivity contribution >= 4 is 5.91 Å². The van der Waals surface area contributed by atoms with E-state index >= 15 is 0 Å². The number of carbonyl (C=O) groups is 1. The number of hydrogen-bond acceptors (Lipinski definition) is 4. The first kappa shape index (κ1) is 9.66. The summed E-state index contributed by atoms with van der Waals surface area (Å²) in [5, 5.41) is 17.4. The molecule has 1 aromatic heterocycles. The van der Waals surface area contributed by atoms with Crippen LogP contribution in [0, 0.1) is 0 Å². The molecule has 6 heteroatoms. The van der Waals surface area contributed by atoms with Gasteiger partial charge in [-0.3, -0.25) is 9.89 Å². The lowest BCUT2D eigenvalue weighted by Crippen LogP contribution is -2.37. The first-order valence-corrected chi connectivity index (χ1v) is 4.05. The highest BCUT2D eigenvalue weighted by molar-refractivity contribution is 5.90. The Bertz CT molecular complexity index is 255. The fourth-order valence-electron chi connectivity index (χ4n) is 0.845. The van der Waals surface area contributed by atoms with E-state index < -0.39 is 0 Å². The first-order valence-electron chi connectivity index (χ1n) is 4.05. The minimum absolute atomic E-state index is 0.0730. The van der Waals surface area contributed by atoms with Gasteiger partial charge >= 0.3 is 0 Å². The van der Waals surface area contributed by atoms with Gasteiger partial charge in [0.1, 0.15) is 6.33 Å². The molecular weight excluding hydrogens is 172 g/mol. The molecule has 0 radical (unpaired) electrons. The van der Waals surface area contributed by atoms with E-state index in [1.165, 1.54) is 6.33 Å². The minimum atomic E-state index is -0.349. The maximum absolute atomic E-state index is 11.3. The van der Waals surface area contributed by atoms with Crippen LogP contribution in [0.4, 0.5) is 0 Å². The predicted octanol–water partition coefficient (Wildman–Crippen LogP) is -0.695. The molecule has 0 aliphatic rings. The number of aliphatic hydroxyl groups excluding tert-OH is 1. The molecule has 6 nitrogen and oxygen atoms in total. The zero-order chi connectivity index (χ0) is 9.68.